The summed E-state index contributed by atoms with van der Waals surface area (Å²) in [6.07, 6.45) is 2.14. The van der Waals surface area contributed by atoms with Gasteiger partial charge in [-0.2, -0.15) is 0 Å². The van der Waals surface area contributed by atoms with Gasteiger partial charge in [-0.25, -0.2) is 0 Å². The van der Waals surface area contributed by atoms with Gasteiger partial charge in [-0.3, -0.25) is 14.4 Å². The largest absolute Gasteiger partial charge is 0.462 e. The zero-order valence-corrected chi connectivity index (χ0v) is 27.5. The minimum atomic E-state index is -1.50. The summed E-state index contributed by atoms with van der Waals surface area (Å²) < 4.78 is 17.1. The minimum absolute atomic E-state index is 0.0441. The summed E-state index contributed by atoms with van der Waals surface area (Å²) in [5.41, 5.74) is 1.24. The number of aliphatic hydroxyl groups excluding tert-OH is 4. The van der Waals surface area contributed by atoms with Crippen molar-refractivity contribution in [3.8, 4) is 0 Å². The highest BCUT2D eigenvalue weighted by atomic mass is 16.7. The first kappa shape index (κ1) is 34.6. The zero-order chi connectivity index (χ0) is 32.8. The SMILES string of the molecule is CC(=O)O[C@@H]1C[C@H]2[C@@H]3CCC4=CC(=O)CC[C@]4(C)[C@H]3CC[C@]2(C)[C@H]1[C@H](C)C(=O)CCC(C)CO[C@@H]1O[C@H](CO)[C@@H](O)[C@H](O)[C@H]1O. The van der Waals surface area contributed by atoms with E-state index in [9.17, 15) is 34.8 Å². The number of esters is 1. The van der Waals surface area contributed by atoms with E-state index < -0.39 is 37.3 Å². The van der Waals surface area contributed by atoms with Gasteiger partial charge in [-0.1, -0.05) is 33.3 Å². The molecule has 254 valence electrons. The van der Waals surface area contributed by atoms with E-state index in [1.54, 1.807) is 0 Å². The second-order valence-electron chi connectivity index (χ2n) is 15.4. The first-order chi connectivity index (χ1) is 21.2. The molecule has 1 aliphatic heterocycles. The number of ketones is 2. The van der Waals surface area contributed by atoms with Crippen LogP contribution in [-0.4, -0.2) is 88.0 Å². The van der Waals surface area contributed by atoms with Crippen molar-refractivity contribution in [3.63, 3.8) is 0 Å². The molecule has 0 spiro atoms. The van der Waals surface area contributed by atoms with E-state index >= 15 is 0 Å². The molecule has 5 aliphatic rings. The fourth-order valence-corrected chi connectivity index (χ4v) is 10.2. The Kier molecular flexibility index (Phi) is 10.3. The smallest absolute Gasteiger partial charge is 0.302 e. The number of ether oxygens (including phenoxy) is 3. The first-order valence-corrected chi connectivity index (χ1v) is 17.1. The zero-order valence-electron chi connectivity index (χ0n) is 27.5. The third kappa shape index (κ3) is 6.44. The average molecular weight is 635 g/mol. The molecule has 0 aromatic rings. The molecule has 1 heterocycles. The number of carbonyl (C=O) groups excluding carboxylic acids is 3. The van der Waals surface area contributed by atoms with E-state index in [2.05, 4.69) is 13.8 Å². The van der Waals surface area contributed by atoms with E-state index in [4.69, 9.17) is 14.2 Å². The van der Waals surface area contributed by atoms with Crippen molar-refractivity contribution in [1.29, 1.82) is 0 Å². The topological polar surface area (TPSA) is 160 Å². The van der Waals surface area contributed by atoms with Crippen LogP contribution in [-0.2, 0) is 28.6 Å². The predicted molar refractivity (Wildman–Crippen MR) is 163 cm³/mol. The molecule has 5 rings (SSSR count). The first-order valence-electron chi connectivity index (χ1n) is 17.1. The van der Waals surface area contributed by atoms with Crippen LogP contribution < -0.4 is 0 Å². The molecule has 4 fully saturated rings. The minimum Gasteiger partial charge on any atom is -0.462 e. The molecule has 0 radical (unpaired) electrons. The summed E-state index contributed by atoms with van der Waals surface area (Å²) in [6, 6.07) is 0. The maximum atomic E-state index is 13.8. The van der Waals surface area contributed by atoms with Crippen LogP contribution >= 0.6 is 0 Å². The van der Waals surface area contributed by atoms with Crippen molar-refractivity contribution in [2.24, 2.45) is 46.3 Å². The molecule has 0 aromatic carbocycles. The Balaban J connectivity index is 1.23. The van der Waals surface area contributed by atoms with Gasteiger partial charge in [0.05, 0.1) is 13.2 Å². The number of allylic oxidation sites excluding steroid dienone is 1. The molecule has 10 nitrogen and oxygen atoms in total. The van der Waals surface area contributed by atoms with Gasteiger partial charge in [-0.05, 0) is 85.5 Å². The Morgan fingerprint density at radius 1 is 1.04 bits per heavy atom. The molecule has 4 aliphatic carbocycles. The quantitative estimate of drug-likeness (QED) is 0.263. The fraction of sp³-hybridized carbons (Fsp3) is 0.857. The van der Waals surface area contributed by atoms with E-state index in [-0.39, 0.29) is 58.8 Å². The number of rotatable bonds is 10. The van der Waals surface area contributed by atoms with Crippen molar-refractivity contribution in [2.45, 2.75) is 129 Å². The van der Waals surface area contributed by atoms with Crippen LogP contribution in [0.5, 0.6) is 0 Å². The molecule has 0 aromatic heterocycles. The van der Waals surface area contributed by atoms with Crippen LogP contribution in [0.2, 0.25) is 0 Å². The molecule has 1 unspecified atom stereocenters. The number of Topliss-reactive ketones (excluding diaryl/α,β-unsaturated/α-hetero) is 1. The number of carbonyl (C=O) groups is 3. The van der Waals surface area contributed by atoms with Gasteiger partial charge in [0.25, 0.3) is 0 Å². The van der Waals surface area contributed by atoms with E-state index in [1.165, 1.54) is 12.5 Å². The normalized spacial score (nSPS) is 44.2. The molecular weight excluding hydrogens is 580 g/mol. The van der Waals surface area contributed by atoms with Gasteiger partial charge in [0.2, 0.25) is 0 Å². The van der Waals surface area contributed by atoms with Crippen LogP contribution in [0.3, 0.4) is 0 Å². The Bertz CT molecular complexity index is 1150. The highest BCUT2D eigenvalue weighted by Gasteiger charge is 2.63. The standard InChI is InChI=1S/C35H54O10/c1-18(17-43-33-32(42)31(41)30(40)28(16-36)45-33)6-9-26(39)19(2)29-27(44-20(3)37)15-25-23-8-7-21-14-22(38)10-12-34(21,4)24(23)11-13-35(25,29)5/h14,18-19,23-25,27-33,36,40-42H,6-13,15-17H2,1-5H3/t18?,19-,23-,24+,25+,27-,28-,29+,30-,31+,32-,33-,34+,35+/m1/s1. The van der Waals surface area contributed by atoms with E-state index in [0.717, 1.165) is 38.5 Å². The highest BCUT2D eigenvalue weighted by Crippen LogP contribution is 2.68. The third-order valence-electron chi connectivity index (χ3n) is 12.7. The van der Waals surface area contributed by atoms with Crippen LogP contribution in [0, 0.1) is 46.3 Å². The summed E-state index contributed by atoms with van der Waals surface area (Å²) in [5.74, 6) is 0.969. The molecule has 45 heavy (non-hydrogen) atoms. The van der Waals surface area contributed by atoms with E-state index in [0.29, 0.717) is 37.0 Å². The molecule has 3 saturated carbocycles. The summed E-state index contributed by atoms with van der Waals surface area (Å²) in [7, 11) is 0. The number of hydrogen-bond acceptors (Lipinski definition) is 10. The number of aliphatic hydroxyl groups is 4. The number of hydrogen-bond donors (Lipinski definition) is 4. The van der Waals surface area contributed by atoms with Gasteiger partial charge in [0, 0.05) is 31.6 Å². The van der Waals surface area contributed by atoms with Crippen LogP contribution in [0.4, 0.5) is 0 Å². The Morgan fingerprint density at radius 2 is 1.78 bits per heavy atom. The Morgan fingerprint density at radius 3 is 2.47 bits per heavy atom. The molecule has 14 atom stereocenters. The molecular formula is C35H54O10. The second-order valence-corrected chi connectivity index (χ2v) is 15.4. The van der Waals surface area contributed by atoms with Crippen molar-refractivity contribution < 1.29 is 49.0 Å². The summed E-state index contributed by atoms with van der Waals surface area (Å²) in [6.45, 7) is 9.69. The van der Waals surface area contributed by atoms with Gasteiger partial charge < -0.3 is 34.6 Å². The summed E-state index contributed by atoms with van der Waals surface area (Å²) >= 11 is 0. The van der Waals surface area contributed by atoms with Crippen molar-refractivity contribution >= 4 is 17.5 Å². The summed E-state index contributed by atoms with van der Waals surface area (Å²) in [4.78, 5) is 38.3. The Hall–Kier alpha value is -1.69. The molecule has 0 bridgehead atoms. The molecule has 4 N–H and O–H groups in total. The van der Waals surface area contributed by atoms with Gasteiger partial charge in [-0.15, -0.1) is 0 Å². The predicted octanol–water partition coefficient (Wildman–Crippen LogP) is 3.11. The molecule has 1 saturated heterocycles. The van der Waals surface area contributed by atoms with Crippen molar-refractivity contribution in [3.05, 3.63) is 11.6 Å². The van der Waals surface area contributed by atoms with Crippen molar-refractivity contribution in [1.82, 2.24) is 0 Å². The average Bonchev–Trinajstić information content (AvgIpc) is 3.29. The second kappa shape index (κ2) is 13.4. The monoisotopic (exact) mass is 634 g/mol. The maximum absolute atomic E-state index is 13.8. The number of fused-ring (bicyclic) bond motifs is 5. The lowest BCUT2D eigenvalue weighted by Gasteiger charge is -2.58. The summed E-state index contributed by atoms with van der Waals surface area (Å²) in [5, 5.41) is 39.7. The van der Waals surface area contributed by atoms with Gasteiger partial charge in [0.15, 0.2) is 12.1 Å². The van der Waals surface area contributed by atoms with E-state index in [1.807, 2.05) is 19.9 Å². The maximum Gasteiger partial charge on any atom is 0.302 e. The fourth-order valence-electron chi connectivity index (χ4n) is 10.2. The van der Waals surface area contributed by atoms with Crippen LogP contribution in [0.1, 0.15) is 92.4 Å². The van der Waals surface area contributed by atoms with Crippen LogP contribution in [0.15, 0.2) is 11.6 Å². The molecule has 0 amide bonds. The Labute approximate surface area is 266 Å². The van der Waals surface area contributed by atoms with Crippen molar-refractivity contribution in [2.75, 3.05) is 13.2 Å². The lowest BCUT2D eigenvalue weighted by molar-refractivity contribution is -0.303. The van der Waals surface area contributed by atoms with Gasteiger partial charge >= 0.3 is 5.97 Å². The lowest BCUT2D eigenvalue weighted by Crippen LogP contribution is -2.59. The third-order valence-corrected chi connectivity index (χ3v) is 12.7. The highest BCUT2D eigenvalue weighted by molar-refractivity contribution is 5.91. The van der Waals surface area contributed by atoms with Gasteiger partial charge in [0.1, 0.15) is 36.3 Å². The lowest BCUT2D eigenvalue weighted by atomic mass is 9.46. The molecule has 10 heteroatoms. The van der Waals surface area contributed by atoms with Crippen LogP contribution in [0.25, 0.3) is 0 Å².